The van der Waals surface area contributed by atoms with Crippen LogP contribution in [0.15, 0.2) is 60.7 Å². The van der Waals surface area contributed by atoms with E-state index in [2.05, 4.69) is 27.5 Å². The second-order valence-corrected chi connectivity index (χ2v) is 10.9. The summed E-state index contributed by atoms with van der Waals surface area (Å²) in [4.78, 5) is 30.2. The number of benzene rings is 3. The summed E-state index contributed by atoms with van der Waals surface area (Å²) < 4.78 is 5.59. The molecule has 0 radical (unpaired) electrons. The lowest BCUT2D eigenvalue weighted by Gasteiger charge is -2.35. The molecule has 38 heavy (non-hydrogen) atoms. The Hall–Kier alpha value is -3.84. The highest BCUT2D eigenvalue weighted by Gasteiger charge is 2.19. The van der Waals surface area contributed by atoms with Crippen molar-refractivity contribution in [3.63, 3.8) is 0 Å². The fraction of sp³-hybridized carbons (Fsp3) is 0.355. The van der Waals surface area contributed by atoms with Crippen LogP contribution in [-0.4, -0.2) is 62.6 Å². The third-order valence-corrected chi connectivity index (χ3v) is 6.72. The highest BCUT2D eigenvalue weighted by atomic mass is 16.5. The molecule has 1 fully saturated rings. The van der Waals surface area contributed by atoms with Crippen molar-refractivity contribution in [3.8, 4) is 16.9 Å². The second kappa shape index (κ2) is 11.3. The molecule has 0 saturated carbocycles. The number of nitrogens with one attached hydrogen (secondary N) is 2. The average Bonchev–Trinajstić information content (AvgIpc) is 2.88. The van der Waals surface area contributed by atoms with E-state index < -0.39 is 0 Å². The van der Waals surface area contributed by atoms with Crippen molar-refractivity contribution in [2.24, 2.45) is 0 Å². The van der Waals surface area contributed by atoms with Crippen molar-refractivity contribution in [3.05, 3.63) is 77.4 Å². The summed E-state index contributed by atoms with van der Waals surface area (Å²) in [6, 6.07) is 19.0. The highest BCUT2D eigenvalue weighted by Crippen LogP contribution is 2.32. The number of piperazine rings is 1. The van der Waals surface area contributed by atoms with E-state index in [1.54, 1.807) is 7.11 Å². The number of carbonyl (C=O) groups is 2. The molecule has 3 aromatic rings. The molecule has 1 aliphatic heterocycles. The predicted octanol–water partition coefficient (Wildman–Crippen LogP) is 5.20. The third-order valence-electron chi connectivity index (χ3n) is 6.72. The summed E-state index contributed by atoms with van der Waals surface area (Å²) in [6.07, 6.45) is 0. The number of nitrogens with zero attached hydrogens (tertiary/aromatic N) is 2. The molecule has 2 N–H and O–H groups in total. The predicted molar refractivity (Wildman–Crippen MR) is 154 cm³/mol. The van der Waals surface area contributed by atoms with E-state index in [0.29, 0.717) is 11.1 Å². The number of likely N-dealkylation sites (N-methyl/N-ethyl adjacent to an activating group) is 1. The first-order valence-electron chi connectivity index (χ1n) is 13.0. The van der Waals surface area contributed by atoms with Gasteiger partial charge in [0.25, 0.3) is 11.8 Å². The Morgan fingerprint density at radius 1 is 0.842 bits per heavy atom. The number of carbonyl (C=O) groups excluding carboxylic acids is 2. The number of rotatable bonds is 6. The lowest BCUT2D eigenvalue weighted by Crippen LogP contribution is -2.44. The summed E-state index contributed by atoms with van der Waals surface area (Å²) >= 11 is 0. The van der Waals surface area contributed by atoms with Gasteiger partial charge in [0.05, 0.1) is 12.8 Å². The van der Waals surface area contributed by atoms with Gasteiger partial charge < -0.3 is 25.2 Å². The molecule has 7 heteroatoms. The molecule has 2 amide bonds. The maximum absolute atomic E-state index is 13.1. The van der Waals surface area contributed by atoms with Crippen molar-refractivity contribution in [1.82, 2.24) is 10.2 Å². The molecule has 0 bridgehead atoms. The summed E-state index contributed by atoms with van der Waals surface area (Å²) in [5.41, 5.74) is 5.63. The lowest BCUT2D eigenvalue weighted by atomic mass is 9.97. The molecule has 3 aromatic carbocycles. The first-order valence-corrected chi connectivity index (χ1v) is 13.0. The fourth-order valence-electron chi connectivity index (χ4n) is 4.61. The molecular weight excluding hydrogens is 476 g/mol. The molecule has 0 aliphatic carbocycles. The smallest absolute Gasteiger partial charge is 0.255 e. The summed E-state index contributed by atoms with van der Waals surface area (Å²) in [5, 5.41) is 6.03. The van der Waals surface area contributed by atoms with Gasteiger partial charge in [0, 0.05) is 48.5 Å². The van der Waals surface area contributed by atoms with Crippen LogP contribution in [0.25, 0.3) is 11.1 Å². The van der Waals surface area contributed by atoms with E-state index in [1.165, 1.54) is 0 Å². The molecule has 0 atom stereocenters. The second-order valence-electron chi connectivity index (χ2n) is 10.9. The van der Waals surface area contributed by atoms with Crippen LogP contribution < -0.4 is 20.3 Å². The van der Waals surface area contributed by atoms with Crippen molar-refractivity contribution in [2.75, 3.05) is 50.6 Å². The van der Waals surface area contributed by atoms with Gasteiger partial charge >= 0.3 is 0 Å². The van der Waals surface area contributed by atoms with Gasteiger partial charge in [0.2, 0.25) is 0 Å². The Labute approximate surface area is 225 Å². The molecule has 7 nitrogen and oxygen atoms in total. The lowest BCUT2D eigenvalue weighted by molar-refractivity contribution is 0.0919. The molecule has 1 aliphatic rings. The summed E-state index contributed by atoms with van der Waals surface area (Å²) in [5.74, 6) is 0.542. The monoisotopic (exact) mass is 514 g/mol. The van der Waals surface area contributed by atoms with Gasteiger partial charge in [0.15, 0.2) is 0 Å². The van der Waals surface area contributed by atoms with Gasteiger partial charge in [-0.25, -0.2) is 0 Å². The Balaban J connectivity index is 1.48. The van der Waals surface area contributed by atoms with Crippen LogP contribution in [0.4, 0.5) is 11.4 Å². The Kier molecular flexibility index (Phi) is 8.07. The average molecular weight is 515 g/mol. The highest BCUT2D eigenvalue weighted by molar-refractivity contribution is 6.05. The molecule has 1 saturated heterocycles. The quantitative estimate of drug-likeness (QED) is 0.473. The van der Waals surface area contributed by atoms with Gasteiger partial charge in [-0.1, -0.05) is 18.2 Å². The van der Waals surface area contributed by atoms with E-state index in [-0.39, 0.29) is 17.4 Å². The number of aryl methyl sites for hydroxylation is 1. The Morgan fingerprint density at radius 2 is 1.50 bits per heavy atom. The van der Waals surface area contributed by atoms with Crippen molar-refractivity contribution in [2.45, 2.75) is 33.2 Å². The summed E-state index contributed by atoms with van der Waals surface area (Å²) in [7, 11) is 3.80. The zero-order chi connectivity index (χ0) is 27.4. The number of methoxy groups -OCH3 is 1. The standard InChI is InChI=1S/C31H38N4O3/c1-21-19-24(11-13-26(21)22-7-9-23(10-8-22)30(37)33-31(2,3)4)29(36)32-25-12-14-28(38-6)27(20-25)35-17-15-34(5)16-18-35/h7-14,19-20H,15-18H2,1-6H3,(H,32,36)(H,33,37). The van der Waals surface area contributed by atoms with Crippen molar-refractivity contribution < 1.29 is 14.3 Å². The van der Waals surface area contributed by atoms with Gasteiger partial charge in [-0.15, -0.1) is 0 Å². The first kappa shape index (κ1) is 27.2. The Bertz CT molecular complexity index is 1300. The fourth-order valence-corrected chi connectivity index (χ4v) is 4.61. The number of amides is 2. The van der Waals surface area contributed by atoms with E-state index in [4.69, 9.17) is 4.74 Å². The van der Waals surface area contributed by atoms with E-state index in [9.17, 15) is 9.59 Å². The third kappa shape index (κ3) is 6.53. The first-order chi connectivity index (χ1) is 18.0. The van der Waals surface area contributed by atoms with Gasteiger partial charge in [0.1, 0.15) is 5.75 Å². The molecule has 1 heterocycles. The minimum Gasteiger partial charge on any atom is -0.495 e. The topological polar surface area (TPSA) is 73.9 Å². The van der Waals surface area contributed by atoms with Crippen LogP contribution >= 0.6 is 0 Å². The zero-order valence-corrected chi connectivity index (χ0v) is 23.2. The van der Waals surface area contributed by atoms with Gasteiger partial charge in [-0.3, -0.25) is 9.59 Å². The van der Waals surface area contributed by atoms with Crippen molar-refractivity contribution in [1.29, 1.82) is 0 Å². The maximum atomic E-state index is 13.1. The minimum absolute atomic E-state index is 0.0953. The zero-order valence-electron chi connectivity index (χ0n) is 23.2. The minimum atomic E-state index is -0.291. The largest absolute Gasteiger partial charge is 0.495 e. The van der Waals surface area contributed by atoms with E-state index >= 15 is 0 Å². The van der Waals surface area contributed by atoms with Crippen LogP contribution in [0.2, 0.25) is 0 Å². The van der Waals surface area contributed by atoms with Gasteiger partial charge in [-0.05, 0) is 93.9 Å². The van der Waals surface area contributed by atoms with Gasteiger partial charge in [-0.2, -0.15) is 0 Å². The van der Waals surface area contributed by atoms with Crippen LogP contribution in [-0.2, 0) is 0 Å². The molecule has 200 valence electrons. The molecule has 0 unspecified atom stereocenters. The molecule has 0 spiro atoms. The summed E-state index contributed by atoms with van der Waals surface area (Å²) in [6.45, 7) is 11.7. The number of hydrogen-bond acceptors (Lipinski definition) is 5. The van der Waals surface area contributed by atoms with E-state index in [1.807, 2.05) is 88.4 Å². The molecular formula is C31H38N4O3. The molecule has 0 aromatic heterocycles. The number of hydrogen-bond donors (Lipinski definition) is 2. The van der Waals surface area contributed by atoms with Crippen LogP contribution in [0.1, 0.15) is 47.1 Å². The maximum Gasteiger partial charge on any atom is 0.255 e. The number of ether oxygens (including phenoxy) is 1. The van der Waals surface area contributed by atoms with Crippen LogP contribution in [0.5, 0.6) is 5.75 Å². The molecule has 4 rings (SSSR count). The SMILES string of the molecule is COc1ccc(NC(=O)c2ccc(-c3ccc(C(=O)NC(C)(C)C)cc3)c(C)c2)cc1N1CCN(C)CC1. The van der Waals surface area contributed by atoms with Crippen LogP contribution in [0.3, 0.4) is 0 Å². The Morgan fingerprint density at radius 3 is 2.11 bits per heavy atom. The number of anilines is 2. The van der Waals surface area contributed by atoms with Crippen LogP contribution in [0, 0.1) is 6.92 Å². The van der Waals surface area contributed by atoms with Crippen molar-refractivity contribution >= 4 is 23.2 Å². The normalized spacial score (nSPS) is 14.2. The van der Waals surface area contributed by atoms with E-state index in [0.717, 1.165) is 60.0 Å².